The Balaban J connectivity index is 1.99. The van der Waals surface area contributed by atoms with E-state index in [9.17, 15) is 5.11 Å². The standard InChI is InChI=1S/C14H15N5O3S/c1-10-3-4-11(7-15)14(16-10)23-9-12(20)17-13-8-19(18-22-13)5-6-21-2/h3-4,8H,5-6,9H2,1-2H3. The summed E-state index contributed by atoms with van der Waals surface area (Å²) in [5.41, 5.74) is 1.22. The fourth-order valence-electron chi connectivity index (χ4n) is 1.62. The Hall–Kier alpha value is -2.44. The van der Waals surface area contributed by atoms with Gasteiger partial charge in [0.05, 0.1) is 5.56 Å². The summed E-state index contributed by atoms with van der Waals surface area (Å²) >= 11 is 1.17. The van der Waals surface area contributed by atoms with E-state index in [4.69, 9.17) is 14.5 Å². The van der Waals surface area contributed by atoms with Gasteiger partial charge >= 0.3 is 5.88 Å². The summed E-state index contributed by atoms with van der Waals surface area (Å²) < 4.78 is 11.4. The Bertz CT molecular complexity index is 738. The quantitative estimate of drug-likeness (QED) is 0.311. The highest BCUT2D eigenvalue weighted by Crippen LogP contribution is 2.20. The van der Waals surface area contributed by atoms with E-state index in [0.717, 1.165) is 5.69 Å². The number of methoxy groups -OCH3 is 1. The topological polar surface area (TPSA) is 111 Å². The minimum absolute atomic E-state index is 0.0594. The van der Waals surface area contributed by atoms with Gasteiger partial charge < -0.3 is 9.84 Å². The van der Waals surface area contributed by atoms with Gasteiger partial charge in [-0.3, -0.25) is 4.52 Å². The molecular formula is C14H15N5O3S. The predicted octanol–water partition coefficient (Wildman–Crippen LogP) is 0.366. The maximum Gasteiger partial charge on any atom is 0.320 e. The molecule has 2 aromatic heterocycles. The molecule has 0 amide bonds. The van der Waals surface area contributed by atoms with Crippen molar-refractivity contribution < 1.29 is 19.0 Å². The highest BCUT2D eigenvalue weighted by Gasteiger charge is 2.10. The van der Waals surface area contributed by atoms with Crippen LogP contribution in [0.15, 0.2) is 32.9 Å². The van der Waals surface area contributed by atoms with Gasteiger partial charge in [0.25, 0.3) is 6.20 Å². The zero-order valence-electron chi connectivity index (χ0n) is 12.7. The van der Waals surface area contributed by atoms with E-state index >= 15 is 0 Å². The van der Waals surface area contributed by atoms with Crippen molar-refractivity contribution in [3.8, 4) is 6.07 Å². The summed E-state index contributed by atoms with van der Waals surface area (Å²) in [6, 6.07) is 5.48. The van der Waals surface area contributed by atoms with Gasteiger partial charge in [0, 0.05) is 18.6 Å². The van der Waals surface area contributed by atoms with Gasteiger partial charge in [0.15, 0.2) is 0 Å². The van der Waals surface area contributed by atoms with Crippen molar-refractivity contribution in [1.82, 2.24) is 10.3 Å². The Morgan fingerprint density at radius 2 is 2.39 bits per heavy atom. The third-order valence-corrected chi connectivity index (χ3v) is 3.69. The molecule has 0 saturated heterocycles. The second-order valence-corrected chi connectivity index (χ2v) is 5.47. The van der Waals surface area contributed by atoms with Crippen molar-refractivity contribution in [3.63, 3.8) is 0 Å². The van der Waals surface area contributed by atoms with E-state index in [1.54, 1.807) is 19.2 Å². The molecular weight excluding hydrogens is 318 g/mol. The van der Waals surface area contributed by atoms with E-state index in [1.807, 2.05) is 6.92 Å². The number of nitriles is 1. The molecule has 120 valence electrons. The van der Waals surface area contributed by atoms with E-state index < -0.39 is 5.90 Å². The SMILES string of the molecule is COCC[n+]1cc(/N=C(\[O-])CSc2nc(C)ccc2C#N)on1. The minimum atomic E-state index is -0.391. The number of nitrogens with zero attached hydrogens (tertiary/aromatic N) is 5. The number of rotatable bonds is 7. The van der Waals surface area contributed by atoms with E-state index in [1.165, 1.54) is 22.6 Å². The molecule has 9 heteroatoms. The first-order chi connectivity index (χ1) is 11.1. The van der Waals surface area contributed by atoms with Crippen LogP contribution < -0.4 is 9.79 Å². The highest BCUT2D eigenvalue weighted by molar-refractivity contribution is 7.99. The average molecular weight is 333 g/mol. The first kappa shape index (κ1) is 16.9. The zero-order chi connectivity index (χ0) is 16.7. The first-order valence-corrected chi connectivity index (χ1v) is 7.71. The predicted molar refractivity (Wildman–Crippen MR) is 80.1 cm³/mol. The molecule has 2 rings (SSSR count). The largest absolute Gasteiger partial charge is 0.861 e. The summed E-state index contributed by atoms with van der Waals surface area (Å²) in [4.78, 5) is 8.07. The number of hydrogen-bond donors (Lipinski definition) is 0. The Kier molecular flexibility index (Phi) is 6.08. The number of aromatic nitrogens is 3. The lowest BCUT2D eigenvalue weighted by atomic mass is 10.3. The first-order valence-electron chi connectivity index (χ1n) is 6.73. The van der Waals surface area contributed by atoms with E-state index in [0.29, 0.717) is 23.7 Å². The molecule has 0 spiro atoms. The smallest absolute Gasteiger partial charge is 0.320 e. The van der Waals surface area contributed by atoms with Gasteiger partial charge in [-0.1, -0.05) is 11.8 Å². The van der Waals surface area contributed by atoms with Crippen molar-refractivity contribution in [2.45, 2.75) is 18.5 Å². The Morgan fingerprint density at radius 1 is 1.57 bits per heavy atom. The highest BCUT2D eigenvalue weighted by atomic mass is 32.2. The van der Waals surface area contributed by atoms with Gasteiger partial charge in [0.1, 0.15) is 17.7 Å². The molecule has 0 aliphatic carbocycles. The van der Waals surface area contributed by atoms with Crippen LogP contribution in [0.4, 0.5) is 5.88 Å². The maximum absolute atomic E-state index is 11.9. The lowest BCUT2D eigenvalue weighted by Gasteiger charge is -2.09. The van der Waals surface area contributed by atoms with Crippen LogP contribution in [-0.2, 0) is 11.3 Å². The van der Waals surface area contributed by atoms with Crippen molar-refractivity contribution in [1.29, 1.82) is 5.26 Å². The number of hydrogen-bond acceptors (Lipinski definition) is 8. The molecule has 0 aromatic carbocycles. The van der Waals surface area contributed by atoms with Crippen LogP contribution in [0.5, 0.6) is 0 Å². The van der Waals surface area contributed by atoms with Crippen LogP contribution in [0.25, 0.3) is 0 Å². The van der Waals surface area contributed by atoms with Crippen molar-refractivity contribution in [2.24, 2.45) is 4.99 Å². The number of ether oxygens (including phenoxy) is 1. The normalized spacial score (nSPS) is 11.4. The summed E-state index contributed by atoms with van der Waals surface area (Å²) in [5.74, 6) is -0.203. The van der Waals surface area contributed by atoms with Crippen LogP contribution in [-0.4, -0.2) is 35.6 Å². The van der Waals surface area contributed by atoms with Gasteiger partial charge in [-0.05, 0) is 29.6 Å². The molecule has 0 unspecified atom stereocenters. The van der Waals surface area contributed by atoms with Crippen LogP contribution in [0.2, 0.25) is 0 Å². The molecule has 0 aliphatic rings. The second-order valence-electron chi connectivity index (χ2n) is 4.51. The molecule has 23 heavy (non-hydrogen) atoms. The average Bonchev–Trinajstić information content (AvgIpc) is 2.98. The molecule has 0 bridgehead atoms. The van der Waals surface area contributed by atoms with Gasteiger partial charge in [-0.25, -0.2) is 9.98 Å². The van der Waals surface area contributed by atoms with Crippen molar-refractivity contribution in [2.75, 3.05) is 19.5 Å². The van der Waals surface area contributed by atoms with Crippen molar-refractivity contribution in [3.05, 3.63) is 29.6 Å². The zero-order valence-corrected chi connectivity index (χ0v) is 13.5. The number of thioether (sulfide) groups is 1. The number of pyridine rings is 1. The molecule has 8 nitrogen and oxygen atoms in total. The summed E-state index contributed by atoms with van der Waals surface area (Å²) in [7, 11) is 1.58. The number of aliphatic imine (C=N–C) groups is 1. The lowest BCUT2D eigenvalue weighted by molar-refractivity contribution is -0.763. The second kappa shape index (κ2) is 8.26. The lowest BCUT2D eigenvalue weighted by Crippen LogP contribution is -2.36. The van der Waals surface area contributed by atoms with Gasteiger partial charge in [0.2, 0.25) is 11.8 Å². The fourth-order valence-corrected chi connectivity index (χ4v) is 2.42. The molecule has 0 aliphatic heterocycles. The van der Waals surface area contributed by atoms with Crippen LogP contribution in [0, 0.1) is 18.3 Å². The van der Waals surface area contributed by atoms with Crippen molar-refractivity contribution >= 4 is 23.5 Å². The minimum Gasteiger partial charge on any atom is -0.861 e. The van der Waals surface area contributed by atoms with Crippen LogP contribution in [0.3, 0.4) is 0 Å². The fraction of sp³-hybridized carbons (Fsp3) is 0.357. The maximum atomic E-state index is 11.9. The molecule has 2 heterocycles. The summed E-state index contributed by atoms with van der Waals surface area (Å²) in [6.07, 6.45) is 1.52. The molecule has 0 N–H and O–H groups in total. The van der Waals surface area contributed by atoms with Crippen LogP contribution >= 0.6 is 11.8 Å². The van der Waals surface area contributed by atoms with Crippen LogP contribution in [0.1, 0.15) is 11.3 Å². The van der Waals surface area contributed by atoms with E-state index in [-0.39, 0.29) is 11.6 Å². The molecule has 0 atom stereocenters. The molecule has 0 saturated carbocycles. The molecule has 0 radical (unpaired) electrons. The van der Waals surface area contributed by atoms with Gasteiger partial charge in [-0.15, -0.1) is 0 Å². The number of aryl methyl sites for hydroxylation is 1. The molecule has 0 fully saturated rings. The third-order valence-electron chi connectivity index (χ3n) is 2.71. The summed E-state index contributed by atoms with van der Waals surface area (Å²) in [5, 5.41) is 25.1. The third kappa shape index (κ3) is 5.05. The monoisotopic (exact) mass is 333 g/mol. The van der Waals surface area contributed by atoms with E-state index in [2.05, 4.69) is 21.3 Å². The Labute approximate surface area is 137 Å². The summed E-state index contributed by atoms with van der Waals surface area (Å²) in [6.45, 7) is 2.82. The molecule has 2 aromatic rings. The Morgan fingerprint density at radius 3 is 3.13 bits per heavy atom. The van der Waals surface area contributed by atoms with Gasteiger partial charge in [-0.2, -0.15) is 5.26 Å².